The zero-order valence-corrected chi connectivity index (χ0v) is 7.02. The van der Waals surface area contributed by atoms with Crippen molar-refractivity contribution in [2.24, 2.45) is 0 Å². The molecule has 0 bridgehead atoms. The molecule has 0 amide bonds. The van der Waals surface area contributed by atoms with Gasteiger partial charge in [0, 0.05) is 26.6 Å². The van der Waals surface area contributed by atoms with E-state index in [1.807, 2.05) is 0 Å². The van der Waals surface area contributed by atoms with Crippen LogP contribution in [0, 0.1) is 0 Å². The number of carboxylic acids is 1. The molecule has 0 heterocycles. The summed E-state index contributed by atoms with van der Waals surface area (Å²) >= 11 is 0. The van der Waals surface area contributed by atoms with Gasteiger partial charge >= 0.3 is 5.97 Å². The minimum absolute atomic E-state index is 0. The van der Waals surface area contributed by atoms with E-state index in [4.69, 9.17) is 5.11 Å². The van der Waals surface area contributed by atoms with Gasteiger partial charge < -0.3 is 5.11 Å². The van der Waals surface area contributed by atoms with Crippen LogP contribution in [0.15, 0.2) is 11.6 Å². The van der Waals surface area contributed by atoms with E-state index in [1.54, 1.807) is 19.9 Å². The molecule has 0 spiro atoms. The minimum Gasteiger partial charge on any atom is -0.478 e. The molecule has 0 rings (SSSR count). The van der Waals surface area contributed by atoms with Gasteiger partial charge in [-0.05, 0) is 13.8 Å². The number of carboxylic acid groups (broad SMARTS) is 1. The summed E-state index contributed by atoms with van der Waals surface area (Å²) < 4.78 is 0. The molecular weight excluding hydrogens is 287 g/mol. The van der Waals surface area contributed by atoms with E-state index < -0.39 is 5.97 Å². The summed E-state index contributed by atoms with van der Waals surface area (Å²) in [5, 5.41) is 8.11. The first kappa shape index (κ1) is 10.8. The largest absolute Gasteiger partial charge is 0.478 e. The van der Waals surface area contributed by atoms with Crippen LogP contribution in [-0.4, -0.2) is 11.1 Å². The average Bonchev–Trinajstić information content (AvgIpc) is 1.65. The predicted molar refractivity (Wildman–Crippen MR) is 27.1 cm³/mol. The second-order valence-corrected chi connectivity index (χ2v) is 1.28. The van der Waals surface area contributed by atoms with Crippen molar-refractivity contribution >= 4 is 5.97 Å². The number of hydrogen-bond donors (Lipinski definition) is 1. The monoisotopic (exact) mass is 295 g/mol. The van der Waals surface area contributed by atoms with Crippen LogP contribution in [0.2, 0.25) is 0 Å². The molecule has 0 fully saturated rings. The van der Waals surface area contributed by atoms with Gasteiger partial charge in [-0.2, -0.15) is 0 Å². The molecule has 0 aliphatic heterocycles. The molecule has 0 saturated heterocycles. The number of rotatable bonds is 1. The first-order valence-electron chi connectivity index (χ1n) is 2.04. The molecule has 2 nitrogen and oxygen atoms in total. The first-order valence-corrected chi connectivity index (χ1v) is 2.04. The fraction of sp³-hybridized carbons (Fsp3) is 0.400. The summed E-state index contributed by atoms with van der Waals surface area (Å²) in [5.41, 5.74) is 0.389. The zero-order chi connectivity index (χ0) is 5.86. The molecule has 0 aliphatic rings. The van der Waals surface area contributed by atoms with E-state index in [-0.39, 0.29) is 21.1 Å². The molecule has 0 atom stereocenters. The molecule has 0 aromatic carbocycles. The van der Waals surface area contributed by atoms with Crippen LogP contribution in [0.1, 0.15) is 13.8 Å². The van der Waals surface area contributed by atoms with Crippen molar-refractivity contribution in [1.82, 2.24) is 0 Å². The topological polar surface area (TPSA) is 37.3 Å². The van der Waals surface area contributed by atoms with E-state index in [0.29, 0.717) is 5.57 Å². The molecule has 0 unspecified atom stereocenters. The third-order valence-electron chi connectivity index (χ3n) is 0.770. The summed E-state index contributed by atoms with van der Waals surface area (Å²) in [6, 6.07) is 0. The van der Waals surface area contributed by atoms with Gasteiger partial charge in [-0.15, -0.1) is 0 Å². The molecule has 8 heavy (non-hydrogen) atoms. The van der Waals surface area contributed by atoms with Crippen molar-refractivity contribution in [3.05, 3.63) is 11.6 Å². The van der Waals surface area contributed by atoms with Gasteiger partial charge in [-0.3, -0.25) is 0 Å². The molecule has 0 aliphatic carbocycles. The summed E-state index contributed by atoms with van der Waals surface area (Å²) in [6.45, 7) is 3.26. The Morgan fingerprint density at radius 3 is 2.00 bits per heavy atom. The summed E-state index contributed by atoms with van der Waals surface area (Å²) in [5.74, 6) is -0.845. The van der Waals surface area contributed by atoms with Crippen molar-refractivity contribution in [3.63, 3.8) is 0 Å². The van der Waals surface area contributed by atoms with E-state index in [0.717, 1.165) is 0 Å². The molecule has 0 radical (unpaired) electrons. The van der Waals surface area contributed by atoms with Crippen molar-refractivity contribution in [3.8, 4) is 0 Å². The zero-order valence-electron chi connectivity index (χ0n) is 4.75. The Morgan fingerprint density at radius 2 is 2.00 bits per heavy atom. The van der Waals surface area contributed by atoms with E-state index in [9.17, 15) is 4.79 Å². The first-order chi connectivity index (χ1) is 3.18. The number of allylic oxidation sites excluding steroid dienone is 1. The standard InChI is InChI=1S/C5H8O2.Pt/c1-3-4(2)5(6)7;/h3H,1-2H3,(H,6,7);. The third-order valence-corrected chi connectivity index (χ3v) is 0.770. The van der Waals surface area contributed by atoms with Crippen LogP contribution in [0.4, 0.5) is 0 Å². The fourth-order valence-electron chi connectivity index (χ4n) is 0.123. The van der Waals surface area contributed by atoms with Crippen LogP contribution in [0.5, 0.6) is 0 Å². The van der Waals surface area contributed by atoms with Crippen LogP contribution in [-0.2, 0) is 25.9 Å². The number of aliphatic carboxylic acids is 1. The van der Waals surface area contributed by atoms with Gasteiger partial charge in [-0.25, -0.2) is 4.79 Å². The van der Waals surface area contributed by atoms with Crippen LogP contribution < -0.4 is 0 Å². The Hall–Kier alpha value is -0.102. The molecule has 1 N–H and O–H groups in total. The maximum absolute atomic E-state index is 9.86. The van der Waals surface area contributed by atoms with Crippen molar-refractivity contribution in [2.75, 3.05) is 0 Å². The quantitative estimate of drug-likeness (QED) is 0.734. The van der Waals surface area contributed by atoms with Crippen molar-refractivity contribution in [1.29, 1.82) is 0 Å². The maximum atomic E-state index is 9.86. The SMILES string of the molecule is CC=C(C)C(=O)O.[Pt]. The van der Waals surface area contributed by atoms with Gasteiger partial charge in [0.2, 0.25) is 0 Å². The number of carbonyl (C=O) groups is 1. The maximum Gasteiger partial charge on any atom is 0.330 e. The normalized spacial score (nSPS) is 10.0. The third kappa shape index (κ3) is 4.07. The second kappa shape index (κ2) is 5.04. The second-order valence-electron chi connectivity index (χ2n) is 1.28. The Labute approximate surface area is 62.9 Å². The molecule has 0 aromatic heterocycles. The van der Waals surface area contributed by atoms with E-state index in [2.05, 4.69) is 0 Å². The van der Waals surface area contributed by atoms with Gasteiger partial charge in [0.05, 0.1) is 0 Å². The van der Waals surface area contributed by atoms with Crippen LogP contribution >= 0.6 is 0 Å². The molecule has 0 aromatic rings. The molecule has 50 valence electrons. The van der Waals surface area contributed by atoms with Crippen molar-refractivity contribution in [2.45, 2.75) is 13.8 Å². The van der Waals surface area contributed by atoms with Gasteiger partial charge in [0.15, 0.2) is 0 Å². The Kier molecular flexibility index (Phi) is 6.81. The average molecular weight is 295 g/mol. The fourth-order valence-corrected chi connectivity index (χ4v) is 0.123. The summed E-state index contributed by atoms with van der Waals surface area (Å²) in [4.78, 5) is 9.86. The van der Waals surface area contributed by atoms with Gasteiger partial charge in [-0.1, -0.05) is 6.08 Å². The Balaban J connectivity index is 0. The molecular formula is C5H8O2Pt. The summed E-state index contributed by atoms with van der Waals surface area (Å²) in [6.07, 6.45) is 1.56. The van der Waals surface area contributed by atoms with Crippen molar-refractivity contribution < 1.29 is 31.0 Å². The predicted octanol–water partition coefficient (Wildman–Crippen LogP) is 1.03. The van der Waals surface area contributed by atoms with E-state index in [1.165, 1.54) is 0 Å². The van der Waals surface area contributed by atoms with Crippen LogP contribution in [0.3, 0.4) is 0 Å². The van der Waals surface area contributed by atoms with Crippen LogP contribution in [0.25, 0.3) is 0 Å². The molecule has 3 heteroatoms. The smallest absolute Gasteiger partial charge is 0.330 e. The number of hydrogen-bond acceptors (Lipinski definition) is 1. The molecule has 0 saturated carbocycles. The van der Waals surface area contributed by atoms with Gasteiger partial charge in [0.1, 0.15) is 0 Å². The summed E-state index contributed by atoms with van der Waals surface area (Å²) in [7, 11) is 0. The minimum atomic E-state index is -0.845. The van der Waals surface area contributed by atoms with E-state index >= 15 is 0 Å². The van der Waals surface area contributed by atoms with Gasteiger partial charge in [0.25, 0.3) is 0 Å². The Morgan fingerprint density at radius 1 is 1.62 bits per heavy atom. The Bertz CT molecular complexity index is 107.